The first-order valence-electron chi connectivity index (χ1n) is 9.24. The third-order valence-corrected chi connectivity index (χ3v) is 5.69. The molecule has 1 saturated carbocycles. The van der Waals surface area contributed by atoms with Crippen molar-refractivity contribution in [3.05, 3.63) is 35.9 Å². The maximum atomic E-state index is 13.2. The van der Waals surface area contributed by atoms with Gasteiger partial charge in [-0.25, -0.2) is 0 Å². The van der Waals surface area contributed by atoms with Gasteiger partial charge in [-0.15, -0.1) is 12.4 Å². The molecule has 1 saturated heterocycles. The summed E-state index contributed by atoms with van der Waals surface area (Å²) in [6, 6.07) is 11.1. The lowest BCUT2D eigenvalue weighted by Gasteiger charge is -2.39. The Labute approximate surface area is 152 Å². The molecule has 2 aliphatic rings. The molecule has 3 rings (SSSR count). The van der Waals surface area contributed by atoms with Crippen molar-refractivity contribution in [3.8, 4) is 0 Å². The summed E-state index contributed by atoms with van der Waals surface area (Å²) in [7, 11) is 0. The molecule has 24 heavy (non-hydrogen) atoms. The summed E-state index contributed by atoms with van der Waals surface area (Å²) in [6.45, 7) is 6.29. The van der Waals surface area contributed by atoms with Gasteiger partial charge in [0.05, 0.1) is 6.04 Å². The molecule has 0 aromatic heterocycles. The van der Waals surface area contributed by atoms with Crippen LogP contribution in [0.15, 0.2) is 30.3 Å². The van der Waals surface area contributed by atoms with Crippen molar-refractivity contribution in [1.82, 2.24) is 10.2 Å². The number of benzene rings is 1. The first-order chi connectivity index (χ1) is 11.1. The summed E-state index contributed by atoms with van der Waals surface area (Å²) in [5.41, 5.74) is 1.25. The zero-order valence-electron chi connectivity index (χ0n) is 14.9. The number of carbonyl (C=O) groups excluding carboxylic acids is 1. The molecule has 2 fully saturated rings. The van der Waals surface area contributed by atoms with Gasteiger partial charge in [-0.05, 0) is 57.6 Å². The minimum atomic E-state index is 0. The van der Waals surface area contributed by atoms with Crippen LogP contribution in [0.5, 0.6) is 0 Å². The van der Waals surface area contributed by atoms with Gasteiger partial charge >= 0.3 is 0 Å². The number of nitrogens with one attached hydrogen (secondary N) is 1. The van der Waals surface area contributed by atoms with Crippen molar-refractivity contribution in [3.63, 3.8) is 0 Å². The quantitative estimate of drug-likeness (QED) is 0.863. The van der Waals surface area contributed by atoms with E-state index in [2.05, 4.69) is 48.3 Å². The van der Waals surface area contributed by atoms with Gasteiger partial charge in [0.15, 0.2) is 0 Å². The van der Waals surface area contributed by atoms with E-state index in [-0.39, 0.29) is 24.4 Å². The highest BCUT2D eigenvalue weighted by atomic mass is 35.5. The predicted octanol–water partition coefficient (Wildman–Crippen LogP) is 4.19. The summed E-state index contributed by atoms with van der Waals surface area (Å²) < 4.78 is 0. The largest absolute Gasteiger partial charge is 0.335 e. The number of carbonyl (C=O) groups is 1. The zero-order chi connectivity index (χ0) is 16.2. The normalized spacial score (nSPS) is 25.2. The van der Waals surface area contributed by atoms with E-state index in [0.29, 0.717) is 17.9 Å². The van der Waals surface area contributed by atoms with Crippen LogP contribution in [0.25, 0.3) is 0 Å². The molecule has 1 aromatic rings. The Hall–Kier alpha value is -1.06. The molecule has 0 spiro atoms. The highest BCUT2D eigenvalue weighted by molar-refractivity contribution is 5.85. The molecule has 134 valence electrons. The number of piperidine rings is 1. The van der Waals surface area contributed by atoms with Gasteiger partial charge in [-0.3, -0.25) is 4.79 Å². The van der Waals surface area contributed by atoms with Crippen LogP contribution in [0.2, 0.25) is 0 Å². The van der Waals surface area contributed by atoms with Crippen LogP contribution in [-0.2, 0) is 4.79 Å². The fraction of sp³-hybridized carbons (Fsp3) is 0.650. The van der Waals surface area contributed by atoms with Crippen LogP contribution < -0.4 is 5.32 Å². The number of halogens is 1. The molecule has 3 atom stereocenters. The number of rotatable bonds is 5. The zero-order valence-corrected chi connectivity index (χ0v) is 15.7. The lowest BCUT2D eigenvalue weighted by atomic mass is 9.83. The van der Waals surface area contributed by atoms with E-state index in [1.165, 1.54) is 24.8 Å². The van der Waals surface area contributed by atoms with Crippen molar-refractivity contribution < 1.29 is 4.79 Å². The minimum Gasteiger partial charge on any atom is -0.335 e. The van der Waals surface area contributed by atoms with Gasteiger partial charge in [-0.2, -0.15) is 0 Å². The van der Waals surface area contributed by atoms with Crippen LogP contribution in [-0.4, -0.2) is 29.9 Å². The summed E-state index contributed by atoms with van der Waals surface area (Å²) in [4.78, 5) is 15.4. The molecule has 1 heterocycles. The average Bonchev–Trinajstić information content (AvgIpc) is 2.54. The van der Waals surface area contributed by atoms with E-state index in [0.717, 1.165) is 25.9 Å². The highest BCUT2D eigenvalue weighted by Crippen LogP contribution is 2.32. The number of nitrogens with zero attached hydrogens (tertiary/aromatic N) is 1. The lowest BCUT2D eigenvalue weighted by molar-refractivity contribution is -0.140. The number of hydrogen-bond donors (Lipinski definition) is 1. The third kappa shape index (κ3) is 4.52. The van der Waals surface area contributed by atoms with Crippen molar-refractivity contribution in [2.45, 2.75) is 58.0 Å². The van der Waals surface area contributed by atoms with Crippen molar-refractivity contribution in [2.75, 3.05) is 13.1 Å². The van der Waals surface area contributed by atoms with E-state index in [4.69, 9.17) is 0 Å². The van der Waals surface area contributed by atoms with Gasteiger partial charge < -0.3 is 10.2 Å². The van der Waals surface area contributed by atoms with E-state index in [9.17, 15) is 4.79 Å². The Morgan fingerprint density at radius 3 is 2.54 bits per heavy atom. The van der Waals surface area contributed by atoms with Crippen LogP contribution in [0.4, 0.5) is 0 Å². The Bertz CT molecular complexity index is 518. The molecular weight excluding hydrogens is 320 g/mol. The smallest absolute Gasteiger partial charge is 0.226 e. The molecule has 1 amide bonds. The molecule has 1 unspecified atom stereocenters. The average molecular weight is 351 g/mol. The summed E-state index contributed by atoms with van der Waals surface area (Å²) in [5, 5.41) is 3.46. The predicted molar refractivity (Wildman–Crippen MR) is 101 cm³/mol. The van der Waals surface area contributed by atoms with Crippen molar-refractivity contribution in [1.29, 1.82) is 0 Å². The fourth-order valence-corrected chi connectivity index (χ4v) is 3.89. The number of hydrogen-bond acceptors (Lipinski definition) is 2. The maximum Gasteiger partial charge on any atom is 0.226 e. The second-order valence-corrected chi connectivity index (χ2v) is 7.45. The number of amides is 1. The summed E-state index contributed by atoms with van der Waals surface area (Å²) in [5.74, 6) is 1.28. The Kier molecular flexibility index (Phi) is 7.12. The Morgan fingerprint density at radius 1 is 1.25 bits per heavy atom. The van der Waals surface area contributed by atoms with Crippen LogP contribution in [0.3, 0.4) is 0 Å². The Balaban J connectivity index is 0.00000208. The molecule has 0 bridgehead atoms. The van der Waals surface area contributed by atoms with Gasteiger partial charge in [0.25, 0.3) is 0 Å². The molecular formula is C20H31ClN2O. The lowest BCUT2D eigenvalue weighted by Crippen LogP contribution is -2.46. The molecule has 1 aromatic carbocycles. The first-order valence-corrected chi connectivity index (χ1v) is 9.24. The molecule has 3 nitrogen and oxygen atoms in total. The van der Waals surface area contributed by atoms with Crippen molar-refractivity contribution in [2.24, 2.45) is 11.8 Å². The SMILES string of the molecule is CC(c1ccccc1)N(CC1CCC1)C(=O)[C@H]1CCN[C@@H](C)C1.Cl. The van der Waals surface area contributed by atoms with Gasteiger partial charge in [0, 0.05) is 18.5 Å². The second-order valence-electron chi connectivity index (χ2n) is 7.45. The first kappa shape index (κ1) is 19.3. The van der Waals surface area contributed by atoms with Crippen LogP contribution in [0.1, 0.15) is 57.6 Å². The second kappa shape index (κ2) is 8.87. The molecule has 1 aliphatic heterocycles. The molecule has 0 radical (unpaired) electrons. The van der Waals surface area contributed by atoms with Crippen molar-refractivity contribution >= 4 is 18.3 Å². The van der Waals surface area contributed by atoms with E-state index >= 15 is 0 Å². The molecule has 1 N–H and O–H groups in total. The maximum absolute atomic E-state index is 13.2. The molecule has 1 aliphatic carbocycles. The topological polar surface area (TPSA) is 32.3 Å². The van der Waals surface area contributed by atoms with Crippen LogP contribution in [0, 0.1) is 11.8 Å². The third-order valence-electron chi connectivity index (χ3n) is 5.69. The van der Waals surface area contributed by atoms with Gasteiger partial charge in [-0.1, -0.05) is 36.8 Å². The summed E-state index contributed by atoms with van der Waals surface area (Å²) in [6.07, 6.45) is 5.85. The Morgan fingerprint density at radius 2 is 1.96 bits per heavy atom. The summed E-state index contributed by atoms with van der Waals surface area (Å²) >= 11 is 0. The fourth-order valence-electron chi connectivity index (χ4n) is 3.89. The van der Waals surface area contributed by atoms with Gasteiger partial charge in [0.2, 0.25) is 5.91 Å². The van der Waals surface area contributed by atoms with Crippen LogP contribution >= 0.6 is 12.4 Å². The monoisotopic (exact) mass is 350 g/mol. The minimum absolute atomic E-state index is 0. The van der Waals surface area contributed by atoms with E-state index in [1.54, 1.807) is 0 Å². The van der Waals surface area contributed by atoms with E-state index < -0.39 is 0 Å². The van der Waals surface area contributed by atoms with E-state index in [1.807, 2.05) is 6.07 Å². The standard InChI is InChI=1S/C20H30N2O.ClH/c1-15-13-19(11-12-21-15)20(23)22(14-17-7-6-8-17)16(2)18-9-4-3-5-10-18;/h3-5,9-10,15-17,19,21H,6-8,11-14H2,1-2H3;1H/t15-,16?,19-;/m0./s1. The highest BCUT2D eigenvalue weighted by Gasteiger charge is 2.33. The van der Waals surface area contributed by atoms with Gasteiger partial charge in [0.1, 0.15) is 0 Å². The molecule has 4 heteroatoms.